The quantitative estimate of drug-likeness (QED) is 0.116. The number of rotatable bonds is 4. The highest BCUT2D eigenvalue weighted by Crippen LogP contribution is 2.47. The number of anilines is 2. The zero-order chi connectivity index (χ0) is 31.4. The van der Waals surface area contributed by atoms with Crippen LogP contribution < -0.4 is 9.80 Å². The fourth-order valence-electron chi connectivity index (χ4n) is 7.57. The number of amides is 4. The van der Waals surface area contributed by atoms with Crippen molar-refractivity contribution in [3.05, 3.63) is 130 Å². The Hall–Kier alpha value is -5.88. The summed E-state index contributed by atoms with van der Waals surface area (Å²) in [5.74, 6) is -1.41. The molecule has 9 rings (SSSR count). The van der Waals surface area contributed by atoms with E-state index in [1.165, 1.54) is 9.80 Å². The normalized spacial score (nSPS) is 14.6. The van der Waals surface area contributed by atoms with Crippen LogP contribution in [0.3, 0.4) is 0 Å². The predicted octanol–water partition coefficient (Wildman–Crippen LogP) is 8.46. The molecule has 0 aliphatic carbocycles. The summed E-state index contributed by atoms with van der Waals surface area (Å²) in [6.07, 6.45) is 1.58. The highest BCUT2D eigenvalue weighted by atomic mass is 16.2. The van der Waals surface area contributed by atoms with E-state index in [1.54, 1.807) is 36.4 Å². The van der Waals surface area contributed by atoms with E-state index in [2.05, 4.69) is 0 Å². The van der Waals surface area contributed by atoms with E-state index in [4.69, 9.17) is 0 Å². The number of hydrogen-bond acceptors (Lipinski definition) is 4. The van der Waals surface area contributed by atoms with Gasteiger partial charge in [-0.1, -0.05) is 62.4 Å². The Balaban J connectivity index is 1.29. The van der Waals surface area contributed by atoms with Crippen molar-refractivity contribution in [3.8, 4) is 0 Å². The standard InChI is InChI=1S/C40H26N2O4/c1-3-21-7-5-9-23(19-21)41-37(43)29-15-11-25-27-13-17-31-36-32(40(46)42(39(31)45)24-10-6-8-22(4-2)20-24)18-14-28(34(27)36)26-12-16-30(38(41)44)35(29)33(25)26/h5-20H,3-4H2,1-2H3. The fraction of sp³-hybridized carbons (Fsp3) is 0.100. The summed E-state index contributed by atoms with van der Waals surface area (Å²) in [6.45, 7) is 4.08. The van der Waals surface area contributed by atoms with Crippen molar-refractivity contribution in [2.45, 2.75) is 26.7 Å². The van der Waals surface area contributed by atoms with E-state index in [0.717, 1.165) is 56.3 Å². The molecule has 0 unspecified atom stereocenters. The summed E-state index contributed by atoms with van der Waals surface area (Å²) in [6, 6.07) is 30.0. The molecule has 0 aromatic heterocycles. The van der Waals surface area contributed by atoms with Gasteiger partial charge in [0, 0.05) is 33.0 Å². The lowest BCUT2D eigenvalue weighted by Gasteiger charge is -2.30. The molecule has 6 nitrogen and oxygen atoms in total. The maximum Gasteiger partial charge on any atom is 0.265 e. The van der Waals surface area contributed by atoms with Crippen molar-refractivity contribution in [2.24, 2.45) is 0 Å². The molecule has 0 fully saturated rings. The average molecular weight is 599 g/mol. The van der Waals surface area contributed by atoms with Gasteiger partial charge in [-0.15, -0.1) is 0 Å². The summed E-state index contributed by atoms with van der Waals surface area (Å²) >= 11 is 0. The molecule has 0 radical (unpaired) electrons. The van der Waals surface area contributed by atoms with Gasteiger partial charge < -0.3 is 0 Å². The summed E-state index contributed by atoms with van der Waals surface area (Å²) in [7, 11) is 0. The molecule has 0 bridgehead atoms. The Labute approximate surface area is 263 Å². The maximum absolute atomic E-state index is 14.0. The van der Waals surface area contributed by atoms with Gasteiger partial charge in [0.1, 0.15) is 0 Å². The van der Waals surface area contributed by atoms with E-state index >= 15 is 0 Å². The molecule has 0 atom stereocenters. The van der Waals surface area contributed by atoms with Gasteiger partial charge in [-0.3, -0.25) is 19.2 Å². The highest BCUT2D eigenvalue weighted by molar-refractivity contribution is 6.45. The van der Waals surface area contributed by atoms with Gasteiger partial charge in [-0.25, -0.2) is 9.80 Å². The molecular weight excluding hydrogens is 572 g/mol. The lowest BCUT2D eigenvalue weighted by atomic mass is 9.82. The number of aryl methyl sites for hydroxylation is 2. The number of imide groups is 2. The number of benzene rings is 7. The topological polar surface area (TPSA) is 74.8 Å². The number of fused-ring (bicyclic) bond motifs is 2. The molecule has 2 aliphatic rings. The maximum atomic E-state index is 14.0. The number of carbonyl (C=O) groups is 4. The molecular formula is C40H26N2O4. The first-order chi connectivity index (χ1) is 22.4. The largest absolute Gasteiger partial charge is 0.268 e. The summed E-state index contributed by atoms with van der Waals surface area (Å²) in [5, 5.41) is 6.42. The minimum atomic E-state index is -0.353. The number of hydrogen-bond donors (Lipinski definition) is 0. The second-order valence-corrected chi connectivity index (χ2v) is 12.1. The Morgan fingerprint density at radius 1 is 0.413 bits per heavy atom. The number of nitrogens with zero attached hydrogens (tertiary/aromatic N) is 2. The molecule has 7 aromatic carbocycles. The van der Waals surface area contributed by atoms with Crippen molar-refractivity contribution in [3.63, 3.8) is 0 Å². The number of carbonyl (C=O) groups excluding carboxylic acids is 4. The van der Waals surface area contributed by atoms with E-state index in [-0.39, 0.29) is 23.6 Å². The predicted molar refractivity (Wildman–Crippen MR) is 182 cm³/mol. The van der Waals surface area contributed by atoms with E-state index in [9.17, 15) is 19.2 Å². The summed E-state index contributed by atoms with van der Waals surface area (Å²) in [4.78, 5) is 58.6. The van der Waals surface area contributed by atoms with Crippen molar-refractivity contribution in [1.82, 2.24) is 0 Å². The Bertz CT molecular complexity index is 2250. The smallest absolute Gasteiger partial charge is 0.265 e. The van der Waals surface area contributed by atoms with E-state index in [0.29, 0.717) is 44.4 Å². The van der Waals surface area contributed by atoms with Crippen LogP contribution in [0.2, 0.25) is 0 Å². The molecule has 0 saturated carbocycles. The Morgan fingerprint density at radius 3 is 1.04 bits per heavy atom. The van der Waals surface area contributed by atoms with E-state index in [1.807, 2.05) is 74.5 Å². The summed E-state index contributed by atoms with van der Waals surface area (Å²) in [5.41, 5.74) is 5.09. The molecule has 6 heteroatoms. The highest BCUT2D eigenvalue weighted by Gasteiger charge is 2.38. The van der Waals surface area contributed by atoms with Gasteiger partial charge in [-0.2, -0.15) is 0 Å². The van der Waals surface area contributed by atoms with Crippen molar-refractivity contribution >= 4 is 78.1 Å². The van der Waals surface area contributed by atoms with Gasteiger partial charge in [0.25, 0.3) is 23.6 Å². The van der Waals surface area contributed by atoms with Crippen LogP contribution in [0, 0.1) is 0 Å². The van der Waals surface area contributed by atoms with Crippen LogP contribution in [0.15, 0.2) is 97.1 Å². The molecule has 220 valence electrons. The Morgan fingerprint density at radius 2 is 0.739 bits per heavy atom. The zero-order valence-corrected chi connectivity index (χ0v) is 25.2. The van der Waals surface area contributed by atoms with Crippen LogP contribution in [0.4, 0.5) is 11.4 Å². The van der Waals surface area contributed by atoms with Crippen molar-refractivity contribution in [2.75, 3.05) is 9.80 Å². The molecule has 46 heavy (non-hydrogen) atoms. The van der Waals surface area contributed by atoms with E-state index < -0.39 is 0 Å². The SMILES string of the molecule is CCc1cccc(N2C(=O)c3ccc4c5ccc6c7c(ccc(c8ccc(c3c48)C2=O)c75)C(=O)N(c2cccc(CC)c2)C6=O)c1. The van der Waals surface area contributed by atoms with Crippen molar-refractivity contribution < 1.29 is 19.2 Å². The first-order valence-electron chi connectivity index (χ1n) is 15.6. The van der Waals surface area contributed by atoms with Crippen LogP contribution >= 0.6 is 0 Å². The third-order valence-electron chi connectivity index (χ3n) is 9.79. The van der Waals surface area contributed by atoms with Crippen LogP contribution in [-0.4, -0.2) is 23.6 Å². The van der Waals surface area contributed by atoms with Crippen LogP contribution in [0.1, 0.15) is 66.4 Å². The lowest BCUT2D eigenvalue weighted by Crippen LogP contribution is -2.40. The first kappa shape index (κ1) is 26.5. The van der Waals surface area contributed by atoms with Gasteiger partial charge >= 0.3 is 0 Å². The van der Waals surface area contributed by atoms with Crippen LogP contribution in [-0.2, 0) is 12.8 Å². The van der Waals surface area contributed by atoms with Gasteiger partial charge in [-0.05, 0) is 105 Å². The van der Waals surface area contributed by atoms with Gasteiger partial charge in [0.2, 0.25) is 0 Å². The lowest BCUT2D eigenvalue weighted by molar-refractivity contribution is 0.0877. The zero-order valence-electron chi connectivity index (χ0n) is 25.2. The molecule has 0 spiro atoms. The molecule has 2 heterocycles. The van der Waals surface area contributed by atoms with Crippen LogP contribution in [0.5, 0.6) is 0 Å². The molecule has 2 aliphatic heterocycles. The van der Waals surface area contributed by atoms with Gasteiger partial charge in [0.15, 0.2) is 0 Å². The second kappa shape index (κ2) is 9.31. The molecule has 0 saturated heterocycles. The molecule has 7 aromatic rings. The first-order valence-corrected chi connectivity index (χ1v) is 15.6. The minimum absolute atomic E-state index is 0.353. The summed E-state index contributed by atoms with van der Waals surface area (Å²) < 4.78 is 0. The van der Waals surface area contributed by atoms with Gasteiger partial charge in [0.05, 0.1) is 11.4 Å². The molecule has 0 N–H and O–H groups in total. The van der Waals surface area contributed by atoms with Crippen molar-refractivity contribution in [1.29, 1.82) is 0 Å². The third-order valence-corrected chi connectivity index (χ3v) is 9.79. The minimum Gasteiger partial charge on any atom is -0.268 e. The monoisotopic (exact) mass is 598 g/mol. The van der Waals surface area contributed by atoms with Crippen LogP contribution in [0.25, 0.3) is 43.1 Å². The fourth-order valence-corrected chi connectivity index (χ4v) is 7.57. The second-order valence-electron chi connectivity index (χ2n) is 12.1. The third kappa shape index (κ3) is 3.30. The molecule has 4 amide bonds. The average Bonchev–Trinajstić information content (AvgIpc) is 3.09. The Kier molecular flexibility index (Phi) is 5.37.